The van der Waals surface area contributed by atoms with Gasteiger partial charge in [-0.3, -0.25) is 25.0 Å². The third-order valence-corrected chi connectivity index (χ3v) is 7.25. The number of morpholine rings is 1. The molecule has 0 aromatic heterocycles. The predicted octanol–water partition coefficient (Wildman–Crippen LogP) is 2.96. The van der Waals surface area contributed by atoms with Crippen LogP contribution < -0.4 is 15.1 Å². The van der Waals surface area contributed by atoms with Gasteiger partial charge in [0.05, 0.1) is 28.9 Å². The Morgan fingerprint density at radius 1 is 1.14 bits per heavy atom. The number of rotatable bonds is 3. The van der Waals surface area contributed by atoms with E-state index in [1.165, 1.54) is 12.1 Å². The predicted molar refractivity (Wildman–Crippen MR) is 127 cm³/mol. The number of nitrogens with zero attached hydrogens (tertiary/aromatic N) is 3. The van der Waals surface area contributed by atoms with Crippen molar-refractivity contribution in [3.63, 3.8) is 0 Å². The van der Waals surface area contributed by atoms with Crippen LogP contribution in [0.2, 0.25) is 0 Å². The average Bonchev–Trinajstić information content (AvgIpc) is 2.82. The number of carbonyl (C=O) groups is 3. The summed E-state index contributed by atoms with van der Waals surface area (Å²) in [4.78, 5) is 54.6. The summed E-state index contributed by atoms with van der Waals surface area (Å²) in [5, 5.41) is 13.9. The first kappa shape index (κ1) is 23.0. The smallest absolute Gasteiger partial charge is 0.335 e. The van der Waals surface area contributed by atoms with Crippen LogP contribution in [0.25, 0.3) is 0 Å². The third kappa shape index (κ3) is 3.39. The van der Waals surface area contributed by atoms with E-state index in [1.807, 2.05) is 37.8 Å². The molecule has 2 aromatic rings. The summed E-state index contributed by atoms with van der Waals surface area (Å²) >= 11 is 0. The van der Waals surface area contributed by atoms with Gasteiger partial charge in [0.15, 0.2) is 5.41 Å². The number of non-ortho nitro benzene ring substituents is 1. The van der Waals surface area contributed by atoms with Gasteiger partial charge in [0, 0.05) is 30.8 Å². The molecule has 3 aliphatic rings. The van der Waals surface area contributed by atoms with Crippen molar-refractivity contribution in [2.45, 2.75) is 51.9 Å². The Labute approximate surface area is 202 Å². The van der Waals surface area contributed by atoms with Crippen LogP contribution in [-0.2, 0) is 27.2 Å². The number of barbiturate groups is 1. The van der Waals surface area contributed by atoms with Crippen molar-refractivity contribution in [1.29, 1.82) is 0 Å². The van der Waals surface area contributed by atoms with Crippen molar-refractivity contribution in [3.8, 4) is 0 Å². The Kier molecular flexibility index (Phi) is 5.36. The number of imide groups is 2. The van der Waals surface area contributed by atoms with Crippen molar-refractivity contribution in [2.75, 3.05) is 16.3 Å². The summed E-state index contributed by atoms with van der Waals surface area (Å²) in [7, 11) is 0. The summed E-state index contributed by atoms with van der Waals surface area (Å²) in [6.45, 7) is 6.09. The summed E-state index contributed by atoms with van der Waals surface area (Å²) in [6, 6.07) is 10.0. The van der Waals surface area contributed by atoms with E-state index in [2.05, 4.69) is 5.32 Å². The number of aryl methyl sites for hydroxylation is 1. The first-order valence-electron chi connectivity index (χ1n) is 11.7. The highest BCUT2D eigenvalue weighted by atomic mass is 16.6. The molecule has 3 aliphatic heterocycles. The first-order valence-corrected chi connectivity index (χ1v) is 11.7. The second-order valence-electron chi connectivity index (χ2n) is 9.39. The number of nitrogens with one attached hydrogen (secondary N) is 1. The topological polar surface area (TPSA) is 122 Å². The minimum atomic E-state index is -1.71. The van der Waals surface area contributed by atoms with Gasteiger partial charge >= 0.3 is 6.03 Å². The van der Waals surface area contributed by atoms with E-state index in [0.717, 1.165) is 22.6 Å². The molecular weight excluding hydrogens is 452 g/mol. The second kappa shape index (κ2) is 8.16. The fourth-order valence-electron chi connectivity index (χ4n) is 5.74. The minimum absolute atomic E-state index is 0.0885. The second-order valence-corrected chi connectivity index (χ2v) is 9.39. The Bertz CT molecular complexity index is 1250. The van der Waals surface area contributed by atoms with Gasteiger partial charge in [-0.1, -0.05) is 19.1 Å². The SMILES string of the molecule is CCc1ccc(N2C(=O)NC(=O)[C@]3(Cc4cc([N+](=O)[O-])ccc4N4C[C@@H](C)O[C@@H](C)[C@@H]43)C2=O)cc1. The molecule has 10 heteroatoms. The van der Waals surface area contributed by atoms with Crippen molar-refractivity contribution in [1.82, 2.24) is 5.32 Å². The molecule has 0 saturated carbocycles. The molecule has 10 nitrogen and oxygen atoms in total. The number of fused-ring (bicyclic) bond motifs is 4. The Hall–Kier alpha value is -3.79. The summed E-state index contributed by atoms with van der Waals surface area (Å²) in [5.74, 6) is -1.38. The molecule has 182 valence electrons. The standard InChI is InChI=1S/C25H26N4O6/c1-4-16-5-7-18(8-6-16)28-23(31)25(22(30)26-24(28)32)12-17-11-19(29(33)34)9-10-20(17)27-13-14(2)35-15(3)21(25)27/h5-11,14-15,21H,4,12-13H2,1-3H3,(H,26,30,32)/t14-,15+,21-,25-/m1/s1. The van der Waals surface area contributed by atoms with Crippen molar-refractivity contribution < 1.29 is 24.0 Å². The van der Waals surface area contributed by atoms with Gasteiger partial charge in [0.1, 0.15) is 0 Å². The van der Waals surface area contributed by atoms with E-state index in [-0.39, 0.29) is 18.2 Å². The highest BCUT2D eigenvalue weighted by molar-refractivity contribution is 6.30. The van der Waals surface area contributed by atoms with E-state index in [9.17, 15) is 24.5 Å². The molecular formula is C25H26N4O6. The number of benzene rings is 2. The quantitative estimate of drug-likeness (QED) is 0.409. The van der Waals surface area contributed by atoms with E-state index < -0.39 is 40.3 Å². The lowest BCUT2D eigenvalue weighted by atomic mass is 9.66. The maximum atomic E-state index is 14.2. The molecule has 0 bridgehead atoms. The van der Waals surface area contributed by atoms with Crippen LogP contribution in [-0.4, -0.2) is 47.6 Å². The zero-order valence-electron chi connectivity index (χ0n) is 19.7. The van der Waals surface area contributed by atoms with Crippen LogP contribution in [0, 0.1) is 15.5 Å². The molecule has 2 saturated heterocycles. The molecule has 1 spiro atoms. The number of amides is 4. The van der Waals surface area contributed by atoms with Gasteiger partial charge in [-0.2, -0.15) is 0 Å². The van der Waals surface area contributed by atoms with E-state index in [4.69, 9.17) is 4.74 Å². The zero-order chi connectivity index (χ0) is 25.1. The molecule has 0 unspecified atom stereocenters. The fourth-order valence-corrected chi connectivity index (χ4v) is 5.74. The van der Waals surface area contributed by atoms with Crippen LogP contribution in [0.1, 0.15) is 31.9 Å². The zero-order valence-corrected chi connectivity index (χ0v) is 19.7. The number of nitro benzene ring substituents is 1. The lowest BCUT2D eigenvalue weighted by Crippen LogP contribution is -2.76. The van der Waals surface area contributed by atoms with E-state index >= 15 is 0 Å². The van der Waals surface area contributed by atoms with E-state index in [1.54, 1.807) is 18.2 Å². The van der Waals surface area contributed by atoms with Crippen LogP contribution in [0.15, 0.2) is 42.5 Å². The number of hydrogen-bond acceptors (Lipinski definition) is 7. The van der Waals surface area contributed by atoms with Gasteiger partial charge in [0.25, 0.3) is 11.6 Å². The first-order chi connectivity index (χ1) is 16.7. The molecule has 4 atom stereocenters. The van der Waals surface area contributed by atoms with Crippen molar-refractivity contribution in [2.24, 2.45) is 5.41 Å². The Morgan fingerprint density at radius 3 is 2.51 bits per heavy atom. The number of urea groups is 1. The van der Waals surface area contributed by atoms with Gasteiger partial charge < -0.3 is 9.64 Å². The average molecular weight is 479 g/mol. The fraction of sp³-hybridized carbons (Fsp3) is 0.400. The monoisotopic (exact) mass is 478 g/mol. The third-order valence-electron chi connectivity index (χ3n) is 7.25. The molecule has 5 rings (SSSR count). The molecule has 0 radical (unpaired) electrons. The lowest BCUT2D eigenvalue weighted by molar-refractivity contribution is -0.384. The van der Waals surface area contributed by atoms with Crippen LogP contribution in [0.3, 0.4) is 0 Å². The normalized spacial score (nSPS) is 28.0. The molecule has 4 amide bonds. The molecule has 1 N–H and O–H groups in total. The minimum Gasteiger partial charge on any atom is -0.372 e. The van der Waals surface area contributed by atoms with Gasteiger partial charge in [-0.15, -0.1) is 0 Å². The van der Waals surface area contributed by atoms with Gasteiger partial charge in [-0.25, -0.2) is 9.69 Å². The van der Waals surface area contributed by atoms with Crippen molar-refractivity contribution in [3.05, 3.63) is 63.7 Å². The molecule has 0 aliphatic carbocycles. The van der Waals surface area contributed by atoms with Crippen LogP contribution in [0.4, 0.5) is 21.9 Å². The number of anilines is 2. The highest BCUT2D eigenvalue weighted by Crippen LogP contribution is 2.48. The molecule has 2 fully saturated rings. The number of ether oxygens (including phenoxy) is 1. The maximum absolute atomic E-state index is 14.2. The largest absolute Gasteiger partial charge is 0.372 e. The molecule has 2 aromatic carbocycles. The summed E-state index contributed by atoms with van der Waals surface area (Å²) in [6.07, 6.45) is -0.00753. The van der Waals surface area contributed by atoms with Crippen LogP contribution >= 0.6 is 0 Å². The molecule has 3 heterocycles. The molecule has 35 heavy (non-hydrogen) atoms. The lowest BCUT2D eigenvalue weighted by Gasteiger charge is -2.56. The highest BCUT2D eigenvalue weighted by Gasteiger charge is 2.65. The Morgan fingerprint density at radius 2 is 1.86 bits per heavy atom. The van der Waals surface area contributed by atoms with Gasteiger partial charge in [0.2, 0.25) is 5.91 Å². The summed E-state index contributed by atoms with van der Waals surface area (Å²) in [5.41, 5.74) is 0.793. The summed E-state index contributed by atoms with van der Waals surface area (Å²) < 4.78 is 6.07. The van der Waals surface area contributed by atoms with Crippen LogP contribution in [0.5, 0.6) is 0 Å². The van der Waals surface area contributed by atoms with Gasteiger partial charge in [-0.05, 0) is 49.6 Å². The maximum Gasteiger partial charge on any atom is 0.335 e. The number of nitro groups is 1. The van der Waals surface area contributed by atoms with Crippen molar-refractivity contribution >= 4 is 34.9 Å². The Balaban J connectivity index is 1.68. The van der Waals surface area contributed by atoms with E-state index in [0.29, 0.717) is 17.8 Å². The number of carbonyl (C=O) groups excluding carboxylic acids is 3. The number of hydrogen-bond donors (Lipinski definition) is 1.